The molecular weight excluding hydrogens is 372 g/mol. The molecule has 5 rings (SSSR count). The zero-order valence-electron chi connectivity index (χ0n) is 16.4. The minimum absolute atomic E-state index is 0.0502. The summed E-state index contributed by atoms with van der Waals surface area (Å²) in [5.41, 5.74) is 0.817. The van der Waals surface area contributed by atoms with E-state index in [2.05, 4.69) is 4.90 Å². The fourth-order valence-electron chi connectivity index (χ4n) is 5.51. The molecule has 29 heavy (non-hydrogen) atoms. The molecule has 1 aromatic rings. The second-order valence-corrected chi connectivity index (χ2v) is 8.59. The molecule has 0 spiro atoms. The van der Waals surface area contributed by atoms with Crippen molar-refractivity contribution in [2.45, 2.75) is 12.8 Å². The van der Waals surface area contributed by atoms with Crippen molar-refractivity contribution in [2.75, 3.05) is 43.0 Å². The Morgan fingerprint density at radius 3 is 2.34 bits per heavy atom. The van der Waals surface area contributed by atoms with Crippen LogP contribution in [0.3, 0.4) is 0 Å². The number of hydrogen-bond acceptors (Lipinski definition) is 6. The number of rotatable bonds is 3. The van der Waals surface area contributed by atoms with E-state index in [0.717, 1.165) is 32.5 Å². The fourth-order valence-corrected chi connectivity index (χ4v) is 5.51. The third kappa shape index (κ3) is 2.77. The van der Waals surface area contributed by atoms with E-state index in [0.29, 0.717) is 17.9 Å². The number of hydrogen-bond donors (Lipinski definition) is 0. The van der Waals surface area contributed by atoms with Crippen LogP contribution in [0, 0.1) is 33.8 Å². The van der Waals surface area contributed by atoms with Gasteiger partial charge in [-0.15, -0.1) is 0 Å². The van der Waals surface area contributed by atoms with Gasteiger partial charge in [0, 0.05) is 25.7 Å². The van der Waals surface area contributed by atoms with E-state index in [-0.39, 0.29) is 41.2 Å². The SMILES string of the molecule is CN1CCCN(c2ccc(N3C(=O)[C@@H]4[C@H](C3=O)[C@H]3C=C[C@H]4C3)cc2[N+](=O)[O-])CC1. The molecule has 4 aliphatic rings. The molecule has 0 radical (unpaired) electrons. The number of likely N-dealkylation sites (N-methyl/N-ethyl adjacent to an activating group) is 1. The highest BCUT2D eigenvalue weighted by molar-refractivity contribution is 6.23. The number of anilines is 2. The first-order valence-electron chi connectivity index (χ1n) is 10.2. The van der Waals surface area contributed by atoms with Crippen LogP contribution in [0.5, 0.6) is 0 Å². The number of nitrogens with zero attached hydrogens (tertiary/aromatic N) is 4. The first kappa shape index (κ1) is 18.3. The minimum Gasteiger partial charge on any atom is -0.365 e. The van der Waals surface area contributed by atoms with Crippen LogP contribution in [-0.2, 0) is 9.59 Å². The van der Waals surface area contributed by atoms with E-state index < -0.39 is 4.92 Å². The van der Waals surface area contributed by atoms with Crippen LogP contribution in [0.15, 0.2) is 30.4 Å². The van der Waals surface area contributed by atoms with Gasteiger partial charge < -0.3 is 9.80 Å². The highest BCUT2D eigenvalue weighted by atomic mass is 16.6. The van der Waals surface area contributed by atoms with Crippen LogP contribution in [-0.4, -0.2) is 54.9 Å². The number of fused-ring (bicyclic) bond motifs is 5. The predicted octanol–water partition coefficient (Wildman–Crippen LogP) is 2.05. The second-order valence-electron chi connectivity index (χ2n) is 8.59. The quantitative estimate of drug-likeness (QED) is 0.336. The van der Waals surface area contributed by atoms with Gasteiger partial charge in [-0.25, -0.2) is 4.90 Å². The summed E-state index contributed by atoms with van der Waals surface area (Å²) in [4.78, 5) is 42.9. The summed E-state index contributed by atoms with van der Waals surface area (Å²) >= 11 is 0. The standard InChI is InChI=1S/C21H24N4O4/c1-22-7-2-8-23(10-9-22)16-6-5-15(12-17(16)25(28)29)24-20(26)18-13-3-4-14(11-13)19(18)21(24)27/h3-6,12-14,18-19H,2,7-11H2,1H3/t13-,14-,18-,19+/m0/s1. The van der Waals surface area contributed by atoms with Crippen molar-refractivity contribution in [3.05, 3.63) is 40.5 Å². The Labute approximate surface area is 168 Å². The van der Waals surface area contributed by atoms with E-state index in [9.17, 15) is 19.7 Å². The van der Waals surface area contributed by atoms with Crippen LogP contribution < -0.4 is 9.80 Å². The molecule has 0 N–H and O–H groups in total. The lowest BCUT2D eigenvalue weighted by Gasteiger charge is -2.24. The van der Waals surface area contributed by atoms with Crippen molar-refractivity contribution in [1.82, 2.24) is 4.90 Å². The molecule has 2 amide bonds. The smallest absolute Gasteiger partial charge is 0.294 e. The summed E-state index contributed by atoms with van der Waals surface area (Å²) in [6, 6.07) is 4.78. The van der Waals surface area contributed by atoms with Gasteiger partial charge in [0.25, 0.3) is 5.69 Å². The molecule has 1 saturated carbocycles. The molecular formula is C21H24N4O4. The zero-order chi connectivity index (χ0) is 20.3. The van der Waals surface area contributed by atoms with Crippen molar-refractivity contribution in [2.24, 2.45) is 23.7 Å². The van der Waals surface area contributed by atoms with Gasteiger partial charge >= 0.3 is 0 Å². The lowest BCUT2D eigenvalue weighted by molar-refractivity contribution is -0.384. The number of nitro groups is 1. The average Bonchev–Trinajstić information content (AvgIpc) is 3.33. The van der Waals surface area contributed by atoms with Crippen molar-refractivity contribution >= 4 is 28.9 Å². The minimum atomic E-state index is -0.412. The van der Waals surface area contributed by atoms with Crippen LogP contribution in [0.4, 0.5) is 17.1 Å². The van der Waals surface area contributed by atoms with Crippen molar-refractivity contribution in [3.8, 4) is 0 Å². The number of nitro benzene ring substituents is 1. The highest BCUT2D eigenvalue weighted by Crippen LogP contribution is 2.53. The van der Waals surface area contributed by atoms with Crippen LogP contribution >= 0.6 is 0 Å². The van der Waals surface area contributed by atoms with E-state index in [1.807, 2.05) is 24.1 Å². The molecule has 8 heteroatoms. The van der Waals surface area contributed by atoms with Gasteiger partial charge in [0.1, 0.15) is 5.69 Å². The van der Waals surface area contributed by atoms with Gasteiger partial charge in [-0.3, -0.25) is 19.7 Å². The Hall–Kier alpha value is -2.74. The maximum Gasteiger partial charge on any atom is 0.294 e. The first-order chi connectivity index (χ1) is 14.0. The summed E-state index contributed by atoms with van der Waals surface area (Å²) < 4.78 is 0. The highest BCUT2D eigenvalue weighted by Gasteiger charge is 2.59. The summed E-state index contributed by atoms with van der Waals surface area (Å²) in [5.74, 6) is -0.801. The van der Waals surface area contributed by atoms with Gasteiger partial charge in [-0.2, -0.15) is 0 Å². The summed E-state index contributed by atoms with van der Waals surface area (Å²) in [6.07, 6.45) is 5.88. The van der Waals surface area contributed by atoms with E-state index in [1.54, 1.807) is 12.1 Å². The molecule has 1 aromatic carbocycles. The van der Waals surface area contributed by atoms with Crippen molar-refractivity contribution in [3.63, 3.8) is 0 Å². The largest absolute Gasteiger partial charge is 0.365 e. The topological polar surface area (TPSA) is 87.0 Å². The summed E-state index contributed by atoms with van der Waals surface area (Å²) in [6.45, 7) is 3.24. The summed E-state index contributed by atoms with van der Waals surface area (Å²) in [7, 11) is 2.05. The van der Waals surface area contributed by atoms with Crippen LogP contribution in [0.25, 0.3) is 0 Å². The molecule has 3 fully saturated rings. The Balaban J connectivity index is 1.48. The lowest BCUT2D eigenvalue weighted by Crippen LogP contribution is -2.33. The second kappa shape index (κ2) is 6.66. The molecule has 4 atom stereocenters. The van der Waals surface area contributed by atoms with Gasteiger partial charge in [-0.05, 0) is 50.4 Å². The number of carbonyl (C=O) groups is 2. The van der Waals surface area contributed by atoms with Crippen LogP contribution in [0.2, 0.25) is 0 Å². The maximum absolute atomic E-state index is 13.0. The molecule has 2 aliphatic heterocycles. The first-order valence-corrected chi connectivity index (χ1v) is 10.2. The molecule has 152 valence electrons. The normalized spacial score (nSPS) is 31.5. The molecule has 2 aliphatic carbocycles. The van der Waals surface area contributed by atoms with Gasteiger partial charge in [0.15, 0.2) is 0 Å². The molecule has 2 saturated heterocycles. The maximum atomic E-state index is 13.0. The third-order valence-electron chi connectivity index (χ3n) is 6.94. The Morgan fingerprint density at radius 2 is 1.69 bits per heavy atom. The number of carbonyl (C=O) groups excluding carboxylic acids is 2. The van der Waals surface area contributed by atoms with Gasteiger partial charge in [0.2, 0.25) is 11.8 Å². The summed E-state index contributed by atoms with van der Waals surface area (Å²) in [5, 5.41) is 11.8. The molecule has 8 nitrogen and oxygen atoms in total. The molecule has 0 aromatic heterocycles. The average molecular weight is 396 g/mol. The molecule has 2 heterocycles. The van der Waals surface area contributed by atoms with Gasteiger partial charge in [-0.1, -0.05) is 12.2 Å². The fraction of sp³-hybridized carbons (Fsp3) is 0.524. The van der Waals surface area contributed by atoms with E-state index >= 15 is 0 Å². The number of benzene rings is 1. The van der Waals surface area contributed by atoms with Gasteiger partial charge in [0.05, 0.1) is 22.4 Å². The monoisotopic (exact) mass is 396 g/mol. The van der Waals surface area contributed by atoms with Crippen molar-refractivity contribution < 1.29 is 14.5 Å². The zero-order valence-corrected chi connectivity index (χ0v) is 16.4. The predicted molar refractivity (Wildman–Crippen MR) is 108 cm³/mol. The van der Waals surface area contributed by atoms with E-state index in [1.165, 1.54) is 11.0 Å². The van der Waals surface area contributed by atoms with Crippen molar-refractivity contribution in [1.29, 1.82) is 0 Å². The lowest BCUT2D eigenvalue weighted by atomic mass is 9.85. The van der Waals surface area contributed by atoms with Crippen LogP contribution in [0.1, 0.15) is 12.8 Å². The Kier molecular flexibility index (Phi) is 4.20. The van der Waals surface area contributed by atoms with E-state index in [4.69, 9.17) is 0 Å². The number of imide groups is 1. The molecule has 0 unspecified atom stereocenters. The Morgan fingerprint density at radius 1 is 1.00 bits per heavy atom. The third-order valence-corrected chi connectivity index (χ3v) is 6.94. The number of allylic oxidation sites excluding steroid dienone is 2. The Bertz CT molecular complexity index is 899. The molecule has 2 bridgehead atoms. The number of amides is 2.